The Morgan fingerprint density at radius 2 is 2.21 bits per heavy atom. The highest BCUT2D eigenvalue weighted by Crippen LogP contribution is 2.27. The minimum atomic E-state index is 0.0840. The number of hydrogen-bond acceptors (Lipinski definition) is 3. The van der Waals surface area contributed by atoms with E-state index < -0.39 is 0 Å². The Morgan fingerprint density at radius 1 is 1.42 bits per heavy atom. The second kappa shape index (κ2) is 6.63. The lowest BCUT2D eigenvalue weighted by atomic mass is 10.1. The molecule has 100 valence electrons. The van der Waals surface area contributed by atoms with Crippen LogP contribution in [0.25, 0.3) is 0 Å². The molecule has 0 unspecified atom stereocenters. The number of aryl methyl sites for hydroxylation is 2. The normalized spacial score (nSPS) is 12.8. The molecule has 0 saturated carbocycles. The zero-order chi connectivity index (χ0) is 13.7. The molecule has 0 fully saturated rings. The molecule has 3 nitrogen and oxygen atoms in total. The van der Waals surface area contributed by atoms with Crippen molar-refractivity contribution in [2.24, 2.45) is 0 Å². The number of thioether (sulfide) groups is 1. The molecule has 0 heterocycles. The minimum Gasteiger partial charge on any atom is -0.344 e. The number of rotatable bonds is 5. The number of fused-ring (bicyclic) bond motifs is 1. The van der Waals surface area contributed by atoms with Crippen molar-refractivity contribution in [2.45, 2.75) is 30.6 Å². The first kappa shape index (κ1) is 14.0. The molecule has 1 aromatic rings. The molecular weight excluding hydrogens is 256 g/mol. The fourth-order valence-electron chi connectivity index (χ4n) is 2.24. The summed E-state index contributed by atoms with van der Waals surface area (Å²) in [7, 11) is 1.75. The van der Waals surface area contributed by atoms with Gasteiger partial charge in [0.05, 0.1) is 18.2 Å². The molecule has 1 amide bonds. The van der Waals surface area contributed by atoms with Crippen molar-refractivity contribution in [2.75, 3.05) is 19.3 Å². The van der Waals surface area contributed by atoms with E-state index in [1.165, 1.54) is 35.3 Å². The number of carbonyl (C=O) groups excluding carboxylic acids is 1. The predicted molar refractivity (Wildman–Crippen MR) is 77.1 cm³/mol. The Morgan fingerprint density at radius 3 is 3.00 bits per heavy atom. The summed E-state index contributed by atoms with van der Waals surface area (Å²) in [6.07, 6.45) is 4.00. The third kappa shape index (κ3) is 3.74. The lowest BCUT2D eigenvalue weighted by Gasteiger charge is -2.15. The number of amides is 1. The molecule has 0 N–H and O–H groups in total. The van der Waals surface area contributed by atoms with Crippen molar-refractivity contribution in [1.29, 1.82) is 5.26 Å². The van der Waals surface area contributed by atoms with Gasteiger partial charge in [-0.1, -0.05) is 6.07 Å². The van der Waals surface area contributed by atoms with Gasteiger partial charge in [0.15, 0.2) is 0 Å². The largest absolute Gasteiger partial charge is 0.344 e. The molecule has 1 aromatic carbocycles. The van der Waals surface area contributed by atoms with Crippen LogP contribution in [-0.2, 0) is 17.6 Å². The Bertz CT molecular complexity index is 507. The molecule has 4 heteroatoms. The van der Waals surface area contributed by atoms with E-state index in [0.29, 0.717) is 18.7 Å². The zero-order valence-electron chi connectivity index (χ0n) is 11.2. The second-order valence-electron chi connectivity index (χ2n) is 4.80. The molecule has 2 rings (SSSR count). The van der Waals surface area contributed by atoms with Gasteiger partial charge >= 0.3 is 0 Å². The monoisotopic (exact) mass is 274 g/mol. The fraction of sp³-hybridized carbons (Fsp3) is 0.467. The van der Waals surface area contributed by atoms with E-state index in [1.807, 2.05) is 0 Å². The lowest BCUT2D eigenvalue weighted by molar-refractivity contribution is -0.127. The molecule has 1 aliphatic rings. The van der Waals surface area contributed by atoms with Gasteiger partial charge in [-0.15, -0.1) is 11.8 Å². The van der Waals surface area contributed by atoms with Crippen LogP contribution in [0.2, 0.25) is 0 Å². The second-order valence-corrected chi connectivity index (χ2v) is 5.84. The molecule has 0 aliphatic heterocycles. The standard InChI is InChI=1S/C15H18N2OS/c1-17(9-3-8-16)15(18)11-19-14-7-6-12-4-2-5-13(12)10-14/h6-7,10H,2-5,9,11H2,1H3. The van der Waals surface area contributed by atoms with E-state index in [-0.39, 0.29) is 5.91 Å². The Hall–Kier alpha value is -1.47. The third-order valence-corrected chi connectivity index (χ3v) is 4.40. The van der Waals surface area contributed by atoms with Crippen LogP contribution in [0, 0.1) is 11.3 Å². The summed E-state index contributed by atoms with van der Waals surface area (Å²) in [4.78, 5) is 14.6. The summed E-state index contributed by atoms with van der Waals surface area (Å²) in [5.74, 6) is 0.529. The molecule has 1 aliphatic carbocycles. The quantitative estimate of drug-likeness (QED) is 0.775. The summed E-state index contributed by atoms with van der Waals surface area (Å²) in [5, 5.41) is 8.50. The van der Waals surface area contributed by atoms with Crippen LogP contribution < -0.4 is 0 Å². The topological polar surface area (TPSA) is 44.1 Å². The predicted octanol–water partition coefficient (Wildman–Crippen LogP) is 2.64. The maximum atomic E-state index is 11.9. The first-order chi connectivity index (χ1) is 9.20. The van der Waals surface area contributed by atoms with E-state index in [2.05, 4.69) is 24.3 Å². The molecule has 0 saturated heterocycles. The van der Waals surface area contributed by atoms with Gasteiger partial charge in [0.25, 0.3) is 0 Å². The molecule has 0 radical (unpaired) electrons. The average Bonchev–Trinajstić information content (AvgIpc) is 2.89. The molecule has 0 aromatic heterocycles. The smallest absolute Gasteiger partial charge is 0.232 e. The third-order valence-electron chi connectivity index (χ3n) is 3.42. The summed E-state index contributed by atoms with van der Waals surface area (Å²) < 4.78 is 0. The van der Waals surface area contributed by atoms with Gasteiger partial charge in [0.1, 0.15) is 0 Å². The molecular formula is C15H18N2OS. The molecule has 0 spiro atoms. The van der Waals surface area contributed by atoms with Crippen molar-refractivity contribution < 1.29 is 4.79 Å². The fourth-order valence-corrected chi connectivity index (χ4v) is 3.14. The van der Waals surface area contributed by atoms with E-state index in [9.17, 15) is 4.79 Å². The van der Waals surface area contributed by atoms with Crippen LogP contribution >= 0.6 is 11.8 Å². The van der Waals surface area contributed by atoms with Gasteiger partial charge in [-0.05, 0) is 42.5 Å². The van der Waals surface area contributed by atoms with Crippen LogP contribution in [0.15, 0.2) is 23.1 Å². The van der Waals surface area contributed by atoms with Crippen LogP contribution in [0.3, 0.4) is 0 Å². The maximum Gasteiger partial charge on any atom is 0.232 e. The van der Waals surface area contributed by atoms with Gasteiger partial charge in [-0.25, -0.2) is 0 Å². The number of nitriles is 1. The van der Waals surface area contributed by atoms with Gasteiger partial charge in [-0.3, -0.25) is 4.79 Å². The van der Waals surface area contributed by atoms with Crippen molar-refractivity contribution in [1.82, 2.24) is 4.90 Å². The van der Waals surface area contributed by atoms with Crippen LogP contribution in [0.4, 0.5) is 0 Å². The van der Waals surface area contributed by atoms with Gasteiger partial charge in [-0.2, -0.15) is 5.26 Å². The highest BCUT2D eigenvalue weighted by atomic mass is 32.2. The van der Waals surface area contributed by atoms with Crippen molar-refractivity contribution in [3.05, 3.63) is 29.3 Å². The SMILES string of the molecule is CN(CCC#N)C(=O)CSc1ccc2c(c1)CCC2. The van der Waals surface area contributed by atoms with Crippen LogP contribution in [-0.4, -0.2) is 30.2 Å². The van der Waals surface area contributed by atoms with Crippen LogP contribution in [0.1, 0.15) is 24.0 Å². The van der Waals surface area contributed by atoms with E-state index in [1.54, 1.807) is 23.7 Å². The number of hydrogen-bond donors (Lipinski definition) is 0. The van der Waals surface area contributed by atoms with Crippen molar-refractivity contribution in [3.8, 4) is 6.07 Å². The number of benzene rings is 1. The summed E-state index contributed by atoms with van der Waals surface area (Å²) in [6, 6.07) is 8.57. The highest BCUT2D eigenvalue weighted by Gasteiger charge is 2.12. The molecule has 19 heavy (non-hydrogen) atoms. The van der Waals surface area contributed by atoms with E-state index >= 15 is 0 Å². The van der Waals surface area contributed by atoms with Crippen molar-refractivity contribution in [3.63, 3.8) is 0 Å². The number of carbonyl (C=O) groups is 1. The molecule has 0 atom stereocenters. The lowest BCUT2D eigenvalue weighted by Crippen LogP contribution is -2.29. The van der Waals surface area contributed by atoms with E-state index in [4.69, 9.17) is 5.26 Å². The Balaban J connectivity index is 1.85. The van der Waals surface area contributed by atoms with Gasteiger partial charge < -0.3 is 4.90 Å². The maximum absolute atomic E-state index is 11.9. The highest BCUT2D eigenvalue weighted by molar-refractivity contribution is 8.00. The summed E-state index contributed by atoms with van der Waals surface area (Å²) in [6.45, 7) is 0.514. The minimum absolute atomic E-state index is 0.0840. The average molecular weight is 274 g/mol. The zero-order valence-corrected chi connectivity index (χ0v) is 12.0. The molecule has 0 bridgehead atoms. The first-order valence-corrected chi connectivity index (χ1v) is 7.55. The van der Waals surface area contributed by atoms with Gasteiger partial charge in [0.2, 0.25) is 5.91 Å². The Kier molecular flexibility index (Phi) is 4.86. The van der Waals surface area contributed by atoms with Gasteiger partial charge in [0, 0.05) is 18.5 Å². The van der Waals surface area contributed by atoms with Crippen molar-refractivity contribution >= 4 is 17.7 Å². The van der Waals surface area contributed by atoms with E-state index in [0.717, 1.165) is 0 Å². The first-order valence-electron chi connectivity index (χ1n) is 6.56. The Labute approximate surface area is 118 Å². The van der Waals surface area contributed by atoms with Crippen LogP contribution in [0.5, 0.6) is 0 Å². The summed E-state index contributed by atoms with van der Waals surface area (Å²) >= 11 is 1.58. The number of nitrogens with zero attached hydrogens (tertiary/aromatic N) is 2. The summed E-state index contributed by atoms with van der Waals surface area (Å²) in [5.41, 5.74) is 2.90.